The minimum atomic E-state index is -0.699. The number of carboxylic acids is 1. The monoisotopic (exact) mass is 263 g/mol. The van der Waals surface area contributed by atoms with Crippen molar-refractivity contribution in [1.29, 1.82) is 0 Å². The molecule has 1 aromatic carbocycles. The van der Waals surface area contributed by atoms with Crippen molar-refractivity contribution in [2.45, 2.75) is 26.3 Å². The second kappa shape index (κ2) is 5.61. The average molecular weight is 263 g/mol. The van der Waals surface area contributed by atoms with Crippen LogP contribution in [0.15, 0.2) is 24.3 Å². The molecule has 0 amide bonds. The zero-order valence-corrected chi connectivity index (χ0v) is 11.4. The topological polar surface area (TPSA) is 60.8 Å². The van der Waals surface area contributed by atoms with Crippen molar-refractivity contribution in [3.63, 3.8) is 0 Å². The fourth-order valence-corrected chi connectivity index (χ4v) is 2.98. The number of hydrogen-bond donors (Lipinski definition) is 2. The molecule has 1 aromatic rings. The van der Waals surface area contributed by atoms with Crippen LogP contribution in [0.4, 0.5) is 0 Å². The summed E-state index contributed by atoms with van der Waals surface area (Å²) in [4.78, 5) is 13.4. The first-order valence-corrected chi connectivity index (χ1v) is 6.78. The lowest BCUT2D eigenvalue weighted by atomic mass is 9.99. The zero-order valence-electron chi connectivity index (χ0n) is 11.4. The number of hydrogen-bond acceptors (Lipinski definition) is 3. The van der Waals surface area contributed by atoms with Gasteiger partial charge in [-0.3, -0.25) is 9.69 Å². The molecule has 1 unspecified atom stereocenters. The van der Waals surface area contributed by atoms with Crippen LogP contribution in [-0.2, 0) is 4.79 Å². The van der Waals surface area contributed by atoms with Gasteiger partial charge < -0.3 is 10.2 Å². The lowest BCUT2D eigenvalue weighted by Crippen LogP contribution is -2.27. The molecule has 3 atom stereocenters. The maximum atomic E-state index is 11.2. The summed E-state index contributed by atoms with van der Waals surface area (Å²) in [6.45, 7) is 5.53. The predicted octanol–water partition coefficient (Wildman–Crippen LogP) is 2.50. The van der Waals surface area contributed by atoms with E-state index in [2.05, 4.69) is 11.8 Å². The molecule has 4 nitrogen and oxygen atoms in total. The van der Waals surface area contributed by atoms with Gasteiger partial charge in [0.1, 0.15) is 5.75 Å². The quantitative estimate of drug-likeness (QED) is 0.876. The van der Waals surface area contributed by atoms with Crippen molar-refractivity contribution in [3.05, 3.63) is 29.8 Å². The van der Waals surface area contributed by atoms with Gasteiger partial charge in [0, 0.05) is 19.1 Å². The summed E-state index contributed by atoms with van der Waals surface area (Å²) >= 11 is 0. The number of carboxylic acid groups (broad SMARTS) is 1. The molecule has 1 aliphatic rings. The predicted molar refractivity (Wildman–Crippen MR) is 73.0 cm³/mol. The first kappa shape index (κ1) is 13.9. The van der Waals surface area contributed by atoms with E-state index in [0.717, 1.165) is 18.5 Å². The Labute approximate surface area is 113 Å². The van der Waals surface area contributed by atoms with Gasteiger partial charge in [-0.15, -0.1) is 0 Å². The van der Waals surface area contributed by atoms with Crippen LogP contribution >= 0.6 is 0 Å². The van der Waals surface area contributed by atoms with Gasteiger partial charge in [-0.1, -0.05) is 26.0 Å². The van der Waals surface area contributed by atoms with Crippen molar-refractivity contribution in [2.24, 2.45) is 11.8 Å². The summed E-state index contributed by atoms with van der Waals surface area (Å²) in [5, 5.41) is 18.5. The van der Waals surface area contributed by atoms with E-state index in [1.165, 1.54) is 0 Å². The van der Waals surface area contributed by atoms with Gasteiger partial charge in [-0.05, 0) is 30.0 Å². The molecule has 0 saturated carbocycles. The molecule has 2 N–H and O–H groups in total. The van der Waals surface area contributed by atoms with Crippen LogP contribution in [0.3, 0.4) is 0 Å². The van der Waals surface area contributed by atoms with Crippen LogP contribution in [-0.4, -0.2) is 34.2 Å². The van der Waals surface area contributed by atoms with Crippen LogP contribution in [0, 0.1) is 11.8 Å². The van der Waals surface area contributed by atoms with Crippen molar-refractivity contribution in [3.8, 4) is 5.75 Å². The molecule has 0 bridgehead atoms. The van der Waals surface area contributed by atoms with Gasteiger partial charge in [0.05, 0.1) is 5.92 Å². The summed E-state index contributed by atoms with van der Waals surface area (Å²) in [5.74, 6) is -0.526. The summed E-state index contributed by atoms with van der Waals surface area (Å²) in [5.41, 5.74) is 1.14. The molecule has 0 aromatic heterocycles. The molecular formula is C15H21NO3. The van der Waals surface area contributed by atoms with Crippen LogP contribution in [0.5, 0.6) is 5.75 Å². The number of nitrogens with zero attached hydrogens (tertiary/aromatic N) is 1. The molecule has 1 aliphatic heterocycles. The van der Waals surface area contributed by atoms with Crippen molar-refractivity contribution < 1.29 is 15.0 Å². The van der Waals surface area contributed by atoms with Crippen molar-refractivity contribution >= 4 is 5.97 Å². The van der Waals surface area contributed by atoms with Gasteiger partial charge in [-0.25, -0.2) is 0 Å². The van der Waals surface area contributed by atoms with E-state index in [-0.39, 0.29) is 23.6 Å². The molecule has 2 rings (SSSR count). The van der Waals surface area contributed by atoms with E-state index >= 15 is 0 Å². The lowest BCUT2D eigenvalue weighted by molar-refractivity contribution is -0.142. The third-order valence-corrected chi connectivity index (χ3v) is 4.06. The highest BCUT2D eigenvalue weighted by molar-refractivity contribution is 5.71. The highest BCUT2D eigenvalue weighted by atomic mass is 16.4. The summed E-state index contributed by atoms with van der Waals surface area (Å²) in [6, 6.07) is 7.44. The molecule has 4 heteroatoms. The number of phenolic OH excluding ortho intramolecular Hbond substituents is 1. The number of phenols is 1. The van der Waals surface area contributed by atoms with Gasteiger partial charge >= 0.3 is 5.97 Å². The maximum Gasteiger partial charge on any atom is 0.308 e. The van der Waals surface area contributed by atoms with Gasteiger partial charge in [0.25, 0.3) is 0 Å². The Kier molecular flexibility index (Phi) is 4.10. The summed E-state index contributed by atoms with van der Waals surface area (Å²) in [7, 11) is 0. The van der Waals surface area contributed by atoms with E-state index in [0.29, 0.717) is 6.54 Å². The number of aliphatic carboxylic acids is 1. The molecule has 0 radical (unpaired) electrons. The zero-order chi connectivity index (χ0) is 14.0. The molecule has 0 spiro atoms. The Hall–Kier alpha value is -1.55. The Morgan fingerprint density at radius 1 is 1.37 bits per heavy atom. The second-order valence-electron chi connectivity index (χ2n) is 5.39. The lowest BCUT2D eigenvalue weighted by Gasteiger charge is -2.27. The van der Waals surface area contributed by atoms with E-state index in [1.807, 2.05) is 19.1 Å². The van der Waals surface area contributed by atoms with E-state index in [4.69, 9.17) is 0 Å². The van der Waals surface area contributed by atoms with Gasteiger partial charge in [0.15, 0.2) is 0 Å². The van der Waals surface area contributed by atoms with Crippen molar-refractivity contribution in [2.75, 3.05) is 13.1 Å². The standard InChI is InChI=1S/C15H21NO3/c1-3-14(11-4-6-12(17)7-5-11)16-8-10(2)13(9-16)15(18)19/h4-7,10,13-14,17H,3,8-9H2,1-2H3,(H,18,19)/t10-,13-,14?/m1/s1. The Balaban J connectivity index is 2.15. The largest absolute Gasteiger partial charge is 0.508 e. The fraction of sp³-hybridized carbons (Fsp3) is 0.533. The normalized spacial score (nSPS) is 25.4. The van der Waals surface area contributed by atoms with Crippen LogP contribution in [0.25, 0.3) is 0 Å². The molecule has 19 heavy (non-hydrogen) atoms. The molecule has 1 heterocycles. The van der Waals surface area contributed by atoms with Crippen LogP contribution in [0.2, 0.25) is 0 Å². The Morgan fingerprint density at radius 3 is 2.47 bits per heavy atom. The third-order valence-electron chi connectivity index (χ3n) is 4.06. The number of likely N-dealkylation sites (tertiary alicyclic amines) is 1. The molecular weight excluding hydrogens is 242 g/mol. The minimum absolute atomic E-state index is 0.184. The number of carbonyl (C=O) groups is 1. The van der Waals surface area contributed by atoms with Gasteiger partial charge in [-0.2, -0.15) is 0 Å². The molecule has 104 valence electrons. The molecule has 0 aliphatic carbocycles. The maximum absolute atomic E-state index is 11.2. The SMILES string of the molecule is CCC(c1ccc(O)cc1)N1C[C@@H](C)[C@H](C(=O)O)C1. The first-order valence-electron chi connectivity index (χ1n) is 6.78. The van der Waals surface area contributed by atoms with Crippen molar-refractivity contribution in [1.82, 2.24) is 4.90 Å². The average Bonchev–Trinajstić information content (AvgIpc) is 2.75. The highest BCUT2D eigenvalue weighted by Crippen LogP contribution is 2.33. The minimum Gasteiger partial charge on any atom is -0.508 e. The van der Waals surface area contributed by atoms with E-state index in [9.17, 15) is 15.0 Å². The smallest absolute Gasteiger partial charge is 0.308 e. The highest BCUT2D eigenvalue weighted by Gasteiger charge is 2.37. The summed E-state index contributed by atoms with van der Waals surface area (Å²) in [6.07, 6.45) is 0.934. The fourth-order valence-electron chi connectivity index (χ4n) is 2.98. The van der Waals surface area contributed by atoms with E-state index < -0.39 is 5.97 Å². The Morgan fingerprint density at radius 2 is 2.00 bits per heavy atom. The number of aromatic hydroxyl groups is 1. The third kappa shape index (κ3) is 2.89. The first-order chi connectivity index (χ1) is 9.02. The Bertz CT molecular complexity index is 443. The summed E-state index contributed by atoms with van der Waals surface area (Å²) < 4.78 is 0. The second-order valence-corrected chi connectivity index (χ2v) is 5.39. The van der Waals surface area contributed by atoms with Crippen LogP contribution in [0.1, 0.15) is 31.9 Å². The van der Waals surface area contributed by atoms with Crippen LogP contribution < -0.4 is 0 Å². The van der Waals surface area contributed by atoms with E-state index in [1.54, 1.807) is 12.1 Å². The molecule has 1 fully saturated rings. The van der Waals surface area contributed by atoms with Gasteiger partial charge in [0.2, 0.25) is 0 Å². The molecule has 1 saturated heterocycles. The number of rotatable bonds is 4. The number of benzene rings is 1.